The zero-order valence-electron chi connectivity index (χ0n) is 23.9. The molecule has 2 aromatic carbocycles. The summed E-state index contributed by atoms with van der Waals surface area (Å²) in [5.74, 6) is 0.0799. The number of benzene rings is 2. The van der Waals surface area contributed by atoms with Crippen molar-refractivity contribution in [3.63, 3.8) is 0 Å². The maximum Gasteiger partial charge on any atom is 0.202 e. The van der Waals surface area contributed by atoms with Gasteiger partial charge in [-0.25, -0.2) is 4.39 Å². The Morgan fingerprint density at radius 1 is 0.974 bits per heavy atom. The Kier molecular flexibility index (Phi) is 8.11. The minimum absolute atomic E-state index is 0.0458. The molecule has 0 saturated carbocycles. The van der Waals surface area contributed by atoms with Gasteiger partial charge in [-0.15, -0.1) is 0 Å². The second-order valence-corrected chi connectivity index (χ2v) is 17.7. The van der Waals surface area contributed by atoms with Gasteiger partial charge in [0.25, 0.3) is 0 Å². The molecule has 2 aliphatic rings. The topological polar surface area (TPSA) is 41.7 Å². The minimum atomic E-state index is -2.03. The Bertz CT molecular complexity index is 1210. The van der Waals surface area contributed by atoms with Crippen molar-refractivity contribution in [1.82, 2.24) is 15.0 Å². The Labute approximate surface area is 228 Å². The number of aromatic nitrogens is 1. The highest BCUT2D eigenvalue weighted by Crippen LogP contribution is 2.47. The average molecular weight is 538 g/mol. The van der Waals surface area contributed by atoms with E-state index in [-0.39, 0.29) is 12.0 Å². The van der Waals surface area contributed by atoms with Gasteiger partial charge in [0.1, 0.15) is 12.0 Å². The molecule has 2 aliphatic heterocycles. The standard InChI is InChI=1S/C31H44FN3O2Si/c1-21(2)38(22(3)4,23(5)6)37-31-27-10-8-7-9-25(27)20-35(31)18-17-34-15-13-24(14-16-34)30-28-12-11-26(32)19-29(28)36-33-30/h7-12,19,21-24,31H,13-18,20H2,1-6H3. The van der Waals surface area contributed by atoms with Crippen LogP contribution in [0, 0.1) is 5.82 Å². The van der Waals surface area contributed by atoms with Gasteiger partial charge in [0.2, 0.25) is 8.32 Å². The summed E-state index contributed by atoms with van der Waals surface area (Å²) in [4.78, 5) is 5.15. The lowest BCUT2D eigenvalue weighted by atomic mass is 9.91. The molecule has 1 unspecified atom stereocenters. The molecule has 1 fully saturated rings. The first-order chi connectivity index (χ1) is 18.2. The summed E-state index contributed by atoms with van der Waals surface area (Å²) >= 11 is 0. The van der Waals surface area contributed by atoms with Crippen LogP contribution < -0.4 is 0 Å². The van der Waals surface area contributed by atoms with Gasteiger partial charge in [-0.2, -0.15) is 0 Å². The molecule has 206 valence electrons. The van der Waals surface area contributed by atoms with E-state index in [1.54, 1.807) is 0 Å². The molecule has 7 heteroatoms. The fraction of sp³-hybridized carbons (Fsp3) is 0.581. The molecule has 0 amide bonds. The molecule has 0 spiro atoms. The average Bonchev–Trinajstić information content (AvgIpc) is 3.46. The molecule has 1 saturated heterocycles. The van der Waals surface area contributed by atoms with Crippen LogP contribution in [0.3, 0.4) is 0 Å². The normalized spacial score (nSPS) is 19.9. The summed E-state index contributed by atoms with van der Waals surface area (Å²) in [5, 5.41) is 5.27. The predicted molar refractivity (Wildman–Crippen MR) is 154 cm³/mol. The molecule has 0 aliphatic carbocycles. The van der Waals surface area contributed by atoms with Crippen molar-refractivity contribution in [3.8, 4) is 0 Å². The lowest BCUT2D eigenvalue weighted by Crippen LogP contribution is -2.50. The molecule has 0 bridgehead atoms. The summed E-state index contributed by atoms with van der Waals surface area (Å²) < 4.78 is 26.4. The fourth-order valence-corrected chi connectivity index (χ4v) is 12.8. The van der Waals surface area contributed by atoms with Gasteiger partial charge in [-0.3, -0.25) is 4.90 Å². The van der Waals surface area contributed by atoms with Crippen LogP contribution in [0.2, 0.25) is 16.6 Å². The molecule has 3 aromatic rings. The van der Waals surface area contributed by atoms with E-state index in [0.29, 0.717) is 28.1 Å². The van der Waals surface area contributed by atoms with E-state index in [1.165, 1.54) is 23.3 Å². The number of likely N-dealkylation sites (tertiary alicyclic amines) is 1. The van der Waals surface area contributed by atoms with Crippen LogP contribution in [0.4, 0.5) is 4.39 Å². The number of halogens is 1. The Morgan fingerprint density at radius 2 is 1.66 bits per heavy atom. The quantitative estimate of drug-likeness (QED) is 0.260. The number of hydrogen-bond acceptors (Lipinski definition) is 5. The zero-order chi connectivity index (χ0) is 27.0. The van der Waals surface area contributed by atoms with Crippen LogP contribution in [0.15, 0.2) is 47.0 Å². The fourth-order valence-electron chi connectivity index (χ4n) is 7.28. The number of fused-ring (bicyclic) bond motifs is 2. The highest BCUT2D eigenvalue weighted by Gasteiger charge is 2.49. The summed E-state index contributed by atoms with van der Waals surface area (Å²) in [7, 11) is -2.03. The lowest BCUT2D eigenvalue weighted by Gasteiger charge is -2.46. The van der Waals surface area contributed by atoms with Crippen molar-refractivity contribution in [2.24, 2.45) is 0 Å². The van der Waals surface area contributed by atoms with Crippen LogP contribution in [-0.4, -0.2) is 49.5 Å². The first-order valence-electron chi connectivity index (χ1n) is 14.5. The predicted octanol–water partition coefficient (Wildman–Crippen LogP) is 7.85. The second kappa shape index (κ2) is 11.2. The maximum absolute atomic E-state index is 13.6. The van der Waals surface area contributed by atoms with Crippen molar-refractivity contribution in [2.45, 2.75) is 89.7 Å². The molecule has 1 aromatic heterocycles. The van der Waals surface area contributed by atoms with Crippen molar-refractivity contribution in [2.75, 3.05) is 26.2 Å². The van der Waals surface area contributed by atoms with Gasteiger partial charge >= 0.3 is 0 Å². The SMILES string of the molecule is CC(C)[Si](OC1c2ccccc2CN1CCN1CCC(c2noc3cc(F)ccc23)CC1)(C(C)C)C(C)C. The first-order valence-corrected chi connectivity index (χ1v) is 16.6. The molecular weight excluding hydrogens is 493 g/mol. The van der Waals surface area contributed by atoms with E-state index in [4.69, 9.17) is 8.95 Å². The Morgan fingerprint density at radius 3 is 2.34 bits per heavy atom. The molecule has 5 nitrogen and oxygen atoms in total. The highest BCUT2D eigenvalue weighted by atomic mass is 28.4. The summed E-state index contributed by atoms with van der Waals surface area (Å²) in [6, 6.07) is 13.6. The summed E-state index contributed by atoms with van der Waals surface area (Å²) in [6.45, 7) is 19.3. The van der Waals surface area contributed by atoms with E-state index in [1.807, 2.05) is 6.07 Å². The third-order valence-corrected chi connectivity index (χ3v) is 15.2. The molecule has 5 rings (SSSR count). The molecule has 0 radical (unpaired) electrons. The number of piperidine rings is 1. The van der Waals surface area contributed by atoms with Crippen LogP contribution in [-0.2, 0) is 11.0 Å². The van der Waals surface area contributed by atoms with Gasteiger partial charge < -0.3 is 13.8 Å². The molecule has 38 heavy (non-hydrogen) atoms. The van der Waals surface area contributed by atoms with E-state index < -0.39 is 8.32 Å². The highest BCUT2D eigenvalue weighted by molar-refractivity contribution is 6.77. The van der Waals surface area contributed by atoms with Crippen LogP contribution in [0.25, 0.3) is 11.0 Å². The largest absolute Gasteiger partial charge is 0.397 e. The van der Waals surface area contributed by atoms with E-state index >= 15 is 0 Å². The number of rotatable bonds is 9. The van der Waals surface area contributed by atoms with E-state index in [2.05, 4.69) is 80.8 Å². The van der Waals surface area contributed by atoms with Crippen LogP contribution in [0.1, 0.15) is 83.4 Å². The van der Waals surface area contributed by atoms with Crippen molar-refractivity contribution in [1.29, 1.82) is 0 Å². The zero-order valence-corrected chi connectivity index (χ0v) is 24.9. The maximum atomic E-state index is 13.6. The van der Waals surface area contributed by atoms with Gasteiger partial charge in [0.15, 0.2) is 5.58 Å². The first kappa shape index (κ1) is 27.5. The number of hydrogen-bond donors (Lipinski definition) is 0. The third kappa shape index (κ3) is 5.10. The van der Waals surface area contributed by atoms with E-state index in [9.17, 15) is 4.39 Å². The Hall–Kier alpha value is -2.06. The monoisotopic (exact) mass is 537 g/mol. The van der Waals surface area contributed by atoms with Crippen LogP contribution >= 0.6 is 0 Å². The van der Waals surface area contributed by atoms with Crippen LogP contribution in [0.5, 0.6) is 0 Å². The third-order valence-electron chi connectivity index (χ3n) is 9.19. The minimum Gasteiger partial charge on any atom is -0.397 e. The molecular formula is C31H44FN3O2Si. The van der Waals surface area contributed by atoms with Crippen molar-refractivity contribution < 1.29 is 13.3 Å². The molecule has 0 N–H and O–H groups in total. The van der Waals surface area contributed by atoms with Crippen molar-refractivity contribution >= 4 is 19.3 Å². The molecule has 1 atom stereocenters. The smallest absolute Gasteiger partial charge is 0.202 e. The van der Waals surface area contributed by atoms with Gasteiger partial charge in [-0.05, 0) is 65.8 Å². The number of nitrogens with zero attached hydrogens (tertiary/aromatic N) is 3. The van der Waals surface area contributed by atoms with Crippen molar-refractivity contribution in [3.05, 3.63) is 65.1 Å². The summed E-state index contributed by atoms with van der Waals surface area (Å²) in [5.41, 5.74) is 5.97. The van der Waals surface area contributed by atoms with Gasteiger partial charge in [0, 0.05) is 37.0 Å². The Balaban J connectivity index is 1.25. The van der Waals surface area contributed by atoms with E-state index in [0.717, 1.165) is 56.6 Å². The molecule has 3 heterocycles. The van der Waals surface area contributed by atoms with Gasteiger partial charge in [0.05, 0.1) is 5.69 Å². The summed E-state index contributed by atoms with van der Waals surface area (Å²) in [6.07, 6.45) is 2.14. The second-order valence-electron chi connectivity index (χ2n) is 12.3. The lowest BCUT2D eigenvalue weighted by molar-refractivity contribution is 0.0129. The van der Waals surface area contributed by atoms with Gasteiger partial charge in [-0.1, -0.05) is 71.0 Å².